The first kappa shape index (κ1) is 19.4. The van der Waals surface area contributed by atoms with E-state index >= 15 is 0 Å². The third-order valence-corrected chi connectivity index (χ3v) is 5.81. The Hall–Kier alpha value is -2.89. The number of nitrogens with one attached hydrogen (secondary N) is 1. The van der Waals surface area contributed by atoms with Gasteiger partial charge in [0.1, 0.15) is 12.4 Å². The molecule has 1 aliphatic carbocycles. The first-order valence-corrected chi connectivity index (χ1v) is 10.2. The summed E-state index contributed by atoms with van der Waals surface area (Å²) in [6.07, 6.45) is 9.60. The van der Waals surface area contributed by atoms with Gasteiger partial charge in [-0.25, -0.2) is 4.39 Å². The molecule has 0 bridgehead atoms. The van der Waals surface area contributed by atoms with Gasteiger partial charge < -0.3 is 9.88 Å². The van der Waals surface area contributed by atoms with Crippen LogP contribution in [0.3, 0.4) is 0 Å². The zero-order chi connectivity index (χ0) is 20.2. The number of benzene rings is 1. The first-order chi connectivity index (χ1) is 14.1. The molecule has 1 saturated carbocycles. The van der Waals surface area contributed by atoms with Gasteiger partial charge >= 0.3 is 0 Å². The molecule has 0 radical (unpaired) electrons. The lowest BCUT2D eigenvalue weighted by Crippen LogP contribution is -2.31. The summed E-state index contributed by atoms with van der Waals surface area (Å²) in [6.45, 7) is -0.514. The molecular formula is C23H27FN4O. The van der Waals surface area contributed by atoms with Crippen LogP contribution in [0.5, 0.6) is 0 Å². The summed E-state index contributed by atoms with van der Waals surface area (Å²) in [5.74, 6) is 0.583. The summed E-state index contributed by atoms with van der Waals surface area (Å²) < 4.78 is 16.2. The van der Waals surface area contributed by atoms with E-state index in [1.165, 1.54) is 10.1 Å². The minimum Gasteiger partial charge on any atom is -0.378 e. The summed E-state index contributed by atoms with van der Waals surface area (Å²) >= 11 is 0. The fourth-order valence-electron chi connectivity index (χ4n) is 4.24. The van der Waals surface area contributed by atoms with Crippen molar-refractivity contribution in [2.24, 2.45) is 7.05 Å². The van der Waals surface area contributed by atoms with Crippen molar-refractivity contribution in [2.45, 2.75) is 44.2 Å². The minimum atomic E-state index is -0.571. The van der Waals surface area contributed by atoms with Crippen LogP contribution in [-0.4, -0.2) is 27.1 Å². The molecule has 5 nitrogen and oxygen atoms in total. The van der Waals surface area contributed by atoms with E-state index < -0.39 is 6.67 Å². The highest BCUT2D eigenvalue weighted by Gasteiger charge is 2.23. The zero-order valence-corrected chi connectivity index (χ0v) is 16.7. The molecule has 0 saturated heterocycles. The van der Waals surface area contributed by atoms with Crippen LogP contribution in [0, 0.1) is 0 Å². The van der Waals surface area contributed by atoms with Crippen molar-refractivity contribution in [3.05, 3.63) is 70.9 Å². The second-order valence-corrected chi connectivity index (χ2v) is 7.84. The lowest BCUT2D eigenvalue weighted by atomic mass is 9.82. The van der Waals surface area contributed by atoms with E-state index in [1.807, 2.05) is 25.4 Å². The highest BCUT2D eigenvalue weighted by molar-refractivity contribution is 5.65. The molecule has 29 heavy (non-hydrogen) atoms. The maximum Gasteiger partial charge on any atom is 0.274 e. The molecule has 0 unspecified atom stereocenters. The number of hydrogen-bond donors (Lipinski definition) is 1. The highest BCUT2D eigenvalue weighted by atomic mass is 19.1. The molecule has 1 aromatic carbocycles. The Morgan fingerprint density at radius 1 is 1.10 bits per heavy atom. The normalized spacial score (nSPS) is 19.2. The number of hydrogen-bond acceptors (Lipinski definition) is 3. The van der Waals surface area contributed by atoms with E-state index in [0.29, 0.717) is 11.6 Å². The summed E-state index contributed by atoms with van der Waals surface area (Å²) in [4.78, 5) is 12.8. The average molecular weight is 394 g/mol. The molecule has 0 aliphatic heterocycles. The van der Waals surface area contributed by atoms with Crippen LogP contribution >= 0.6 is 0 Å². The molecule has 1 aliphatic rings. The minimum absolute atomic E-state index is 0.0579. The molecule has 152 valence electrons. The van der Waals surface area contributed by atoms with Gasteiger partial charge in [-0.15, -0.1) is 0 Å². The predicted molar refractivity (Wildman–Crippen MR) is 114 cm³/mol. The third-order valence-electron chi connectivity index (χ3n) is 5.81. The molecule has 2 aromatic heterocycles. The van der Waals surface area contributed by atoms with Crippen molar-refractivity contribution in [2.75, 3.05) is 12.0 Å². The molecule has 4 rings (SSSR count). The van der Waals surface area contributed by atoms with Crippen LogP contribution in [0.1, 0.15) is 37.2 Å². The smallest absolute Gasteiger partial charge is 0.274 e. The summed E-state index contributed by atoms with van der Waals surface area (Å²) in [5, 5.41) is 7.66. The Morgan fingerprint density at radius 2 is 1.86 bits per heavy atom. The van der Waals surface area contributed by atoms with E-state index in [4.69, 9.17) is 0 Å². The molecule has 0 atom stereocenters. The van der Waals surface area contributed by atoms with Crippen LogP contribution < -0.4 is 10.9 Å². The Morgan fingerprint density at radius 3 is 2.52 bits per heavy atom. The maximum absolute atomic E-state index is 13.0. The van der Waals surface area contributed by atoms with Crippen molar-refractivity contribution in [3.8, 4) is 11.1 Å². The number of anilines is 1. The second-order valence-electron chi connectivity index (χ2n) is 7.84. The Kier molecular flexibility index (Phi) is 5.79. The second kappa shape index (κ2) is 8.64. The van der Waals surface area contributed by atoms with Crippen LogP contribution in [-0.2, 0) is 13.6 Å². The number of halogens is 1. The molecule has 6 heteroatoms. The average Bonchev–Trinajstić information content (AvgIpc) is 3.18. The van der Waals surface area contributed by atoms with Gasteiger partial charge in [0.2, 0.25) is 0 Å². The Labute approximate surface area is 170 Å². The number of pyridine rings is 1. The molecule has 1 N–H and O–H groups in total. The molecule has 3 aromatic rings. The van der Waals surface area contributed by atoms with Crippen LogP contribution in [0.15, 0.2) is 59.8 Å². The molecule has 0 amide bonds. The van der Waals surface area contributed by atoms with Gasteiger partial charge in [0.05, 0.1) is 12.7 Å². The molecule has 1 fully saturated rings. The zero-order valence-electron chi connectivity index (χ0n) is 16.7. The maximum atomic E-state index is 13.0. The van der Waals surface area contributed by atoms with Crippen LogP contribution in [0.25, 0.3) is 11.1 Å². The topological polar surface area (TPSA) is 51.9 Å². The van der Waals surface area contributed by atoms with Crippen molar-refractivity contribution in [1.82, 2.24) is 14.3 Å². The number of aromatic nitrogens is 3. The Balaban J connectivity index is 1.52. The summed E-state index contributed by atoms with van der Waals surface area (Å²) in [5.41, 5.74) is 3.56. The summed E-state index contributed by atoms with van der Waals surface area (Å²) in [7, 11) is 1.85. The van der Waals surface area contributed by atoms with E-state index in [0.717, 1.165) is 36.8 Å². The van der Waals surface area contributed by atoms with Crippen molar-refractivity contribution < 1.29 is 4.39 Å². The lowest BCUT2D eigenvalue weighted by molar-refractivity contribution is 0.411. The van der Waals surface area contributed by atoms with E-state index in [2.05, 4.69) is 34.7 Å². The van der Waals surface area contributed by atoms with Gasteiger partial charge in [0, 0.05) is 36.6 Å². The third kappa shape index (κ3) is 4.42. The van der Waals surface area contributed by atoms with Gasteiger partial charge in [-0.05, 0) is 43.2 Å². The largest absolute Gasteiger partial charge is 0.378 e. The molecule has 2 heterocycles. The van der Waals surface area contributed by atoms with Gasteiger partial charge in [0.15, 0.2) is 0 Å². The van der Waals surface area contributed by atoms with Crippen LogP contribution in [0.2, 0.25) is 0 Å². The number of alkyl halides is 1. The number of aryl methyl sites for hydroxylation is 2. The molecular weight excluding hydrogens is 367 g/mol. The fraction of sp³-hybridized carbons (Fsp3) is 0.391. The highest BCUT2D eigenvalue weighted by Crippen LogP contribution is 2.34. The fourth-order valence-corrected chi connectivity index (χ4v) is 4.24. The van der Waals surface area contributed by atoms with Crippen molar-refractivity contribution in [3.63, 3.8) is 0 Å². The molecule has 0 spiro atoms. The van der Waals surface area contributed by atoms with E-state index in [-0.39, 0.29) is 18.1 Å². The van der Waals surface area contributed by atoms with Gasteiger partial charge in [-0.3, -0.25) is 9.48 Å². The summed E-state index contributed by atoms with van der Waals surface area (Å²) in [6, 6.07) is 12.8. The quantitative estimate of drug-likeness (QED) is 0.676. The van der Waals surface area contributed by atoms with Gasteiger partial charge in [-0.1, -0.05) is 30.3 Å². The van der Waals surface area contributed by atoms with Crippen LogP contribution in [0.4, 0.5) is 10.1 Å². The van der Waals surface area contributed by atoms with Crippen molar-refractivity contribution in [1.29, 1.82) is 0 Å². The monoisotopic (exact) mass is 394 g/mol. The lowest BCUT2D eigenvalue weighted by Gasteiger charge is -2.30. The number of nitrogens with zero attached hydrogens (tertiary/aromatic N) is 3. The van der Waals surface area contributed by atoms with Crippen molar-refractivity contribution >= 4 is 5.69 Å². The Bertz CT molecular complexity index is 1000. The van der Waals surface area contributed by atoms with E-state index in [9.17, 15) is 9.18 Å². The standard InChI is InChI=1S/C23H27FN4O/c1-27-15-20(14-25-27)19-13-22(23(29)28(16-19)12-11-24)26-21-9-7-18(8-10-21)17-5-3-2-4-6-17/h2-6,13-16,18,21,26H,7-12H2,1H3/t18-,21+. The van der Waals surface area contributed by atoms with Gasteiger partial charge in [-0.2, -0.15) is 5.10 Å². The number of rotatable bonds is 6. The first-order valence-electron chi connectivity index (χ1n) is 10.2. The SMILES string of the molecule is Cn1cc(-c2cc(N[C@H]3CC[C@@H](c4ccccc4)CC3)c(=O)n(CCF)c2)cn1. The predicted octanol–water partition coefficient (Wildman–Crippen LogP) is 4.36. The van der Waals surface area contributed by atoms with Gasteiger partial charge in [0.25, 0.3) is 5.56 Å². The van der Waals surface area contributed by atoms with E-state index in [1.54, 1.807) is 17.1 Å².